The van der Waals surface area contributed by atoms with Crippen LogP contribution in [0.2, 0.25) is 5.02 Å². The highest BCUT2D eigenvalue weighted by Gasteiger charge is 2.15. The van der Waals surface area contributed by atoms with Crippen molar-refractivity contribution in [3.63, 3.8) is 0 Å². The average molecular weight is 328 g/mol. The summed E-state index contributed by atoms with van der Waals surface area (Å²) in [6.45, 7) is 2.40. The van der Waals surface area contributed by atoms with Crippen LogP contribution in [-0.2, 0) is 6.54 Å². The lowest BCUT2D eigenvalue weighted by atomic mass is 10.1. The van der Waals surface area contributed by atoms with Crippen molar-refractivity contribution in [2.75, 3.05) is 0 Å². The highest BCUT2D eigenvalue weighted by atomic mass is 35.5. The van der Waals surface area contributed by atoms with Gasteiger partial charge >= 0.3 is 11.8 Å². The van der Waals surface area contributed by atoms with Crippen LogP contribution in [0.1, 0.15) is 21.8 Å². The number of carbonyl (C=O) groups is 1. The highest BCUT2D eigenvalue weighted by Crippen LogP contribution is 2.21. The minimum atomic E-state index is -0.410. The Kier molecular flexibility index (Phi) is 4.39. The summed E-state index contributed by atoms with van der Waals surface area (Å²) in [6, 6.07) is 14.9. The number of aromatic nitrogens is 2. The average Bonchev–Trinajstić information content (AvgIpc) is 3.03. The Morgan fingerprint density at radius 1 is 1.17 bits per heavy atom. The van der Waals surface area contributed by atoms with E-state index in [1.807, 2.05) is 31.2 Å². The van der Waals surface area contributed by atoms with Gasteiger partial charge in [0.1, 0.15) is 0 Å². The topological polar surface area (TPSA) is 68.0 Å². The van der Waals surface area contributed by atoms with Gasteiger partial charge in [-0.1, -0.05) is 47.5 Å². The SMILES string of the molecule is Cc1cccc(CNC(=O)c2nnc(-c3cccc(Cl)c3)o2)c1. The monoisotopic (exact) mass is 327 g/mol. The van der Waals surface area contributed by atoms with Crippen molar-refractivity contribution in [2.45, 2.75) is 13.5 Å². The summed E-state index contributed by atoms with van der Waals surface area (Å²) in [6.07, 6.45) is 0. The maximum atomic E-state index is 12.1. The third kappa shape index (κ3) is 3.76. The number of nitrogens with one attached hydrogen (secondary N) is 1. The minimum absolute atomic E-state index is 0.0763. The third-order valence-corrected chi connectivity index (χ3v) is 3.46. The molecule has 1 aromatic heterocycles. The second-order valence-corrected chi connectivity index (χ2v) is 5.53. The van der Waals surface area contributed by atoms with E-state index >= 15 is 0 Å². The Morgan fingerprint density at radius 2 is 2.00 bits per heavy atom. The molecule has 1 N–H and O–H groups in total. The van der Waals surface area contributed by atoms with Crippen LogP contribution >= 0.6 is 11.6 Å². The van der Waals surface area contributed by atoms with E-state index in [-0.39, 0.29) is 11.8 Å². The van der Waals surface area contributed by atoms with Crippen molar-refractivity contribution in [3.05, 3.63) is 70.6 Å². The van der Waals surface area contributed by atoms with Crippen LogP contribution in [-0.4, -0.2) is 16.1 Å². The van der Waals surface area contributed by atoms with E-state index in [9.17, 15) is 4.79 Å². The van der Waals surface area contributed by atoms with Gasteiger partial charge in [0.05, 0.1) is 0 Å². The van der Waals surface area contributed by atoms with Gasteiger partial charge in [-0.05, 0) is 30.7 Å². The lowest BCUT2D eigenvalue weighted by Crippen LogP contribution is -2.23. The predicted molar refractivity (Wildman–Crippen MR) is 87.1 cm³/mol. The summed E-state index contributed by atoms with van der Waals surface area (Å²) in [5.74, 6) is -0.229. The summed E-state index contributed by atoms with van der Waals surface area (Å²) in [4.78, 5) is 12.1. The molecule has 5 nitrogen and oxygen atoms in total. The molecule has 3 rings (SSSR count). The summed E-state index contributed by atoms with van der Waals surface area (Å²) in [5.41, 5.74) is 2.81. The molecule has 1 amide bonds. The number of aryl methyl sites for hydroxylation is 1. The molecular formula is C17H14ClN3O2. The zero-order valence-electron chi connectivity index (χ0n) is 12.4. The smallest absolute Gasteiger partial charge is 0.309 e. The molecule has 6 heteroatoms. The van der Waals surface area contributed by atoms with E-state index in [2.05, 4.69) is 15.5 Å². The van der Waals surface area contributed by atoms with E-state index < -0.39 is 5.91 Å². The van der Waals surface area contributed by atoms with Gasteiger partial charge in [-0.15, -0.1) is 10.2 Å². The Morgan fingerprint density at radius 3 is 2.78 bits per heavy atom. The Labute approximate surface area is 138 Å². The summed E-state index contributed by atoms with van der Waals surface area (Å²) >= 11 is 5.93. The number of rotatable bonds is 4. The van der Waals surface area contributed by atoms with Gasteiger partial charge in [0.15, 0.2) is 0 Å². The fraction of sp³-hybridized carbons (Fsp3) is 0.118. The number of benzene rings is 2. The van der Waals surface area contributed by atoms with Crippen LogP contribution in [0.25, 0.3) is 11.5 Å². The van der Waals surface area contributed by atoms with Crippen LogP contribution in [0, 0.1) is 6.92 Å². The van der Waals surface area contributed by atoms with Crippen molar-refractivity contribution in [2.24, 2.45) is 0 Å². The molecule has 0 atom stereocenters. The number of hydrogen-bond acceptors (Lipinski definition) is 4. The first kappa shape index (κ1) is 15.2. The lowest BCUT2D eigenvalue weighted by molar-refractivity contribution is 0.0917. The van der Waals surface area contributed by atoms with Crippen LogP contribution in [0.3, 0.4) is 0 Å². The van der Waals surface area contributed by atoms with Crippen LogP contribution < -0.4 is 5.32 Å². The molecular weight excluding hydrogens is 314 g/mol. The molecule has 0 saturated carbocycles. The van der Waals surface area contributed by atoms with Gasteiger partial charge in [-0.2, -0.15) is 0 Å². The van der Waals surface area contributed by atoms with Crippen LogP contribution in [0.4, 0.5) is 0 Å². The number of halogens is 1. The minimum Gasteiger partial charge on any atom is -0.412 e. The van der Waals surface area contributed by atoms with E-state index in [0.717, 1.165) is 11.1 Å². The molecule has 0 fully saturated rings. The van der Waals surface area contributed by atoms with Crippen LogP contribution in [0.15, 0.2) is 52.9 Å². The summed E-state index contributed by atoms with van der Waals surface area (Å²) in [5, 5.41) is 11.0. The zero-order valence-corrected chi connectivity index (χ0v) is 13.2. The molecule has 0 saturated heterocycles. The van der Waals surface area contributed by atoms with Gasteiger partial charge < -0.3 is 9.73 Å². The Balaban J connectivity index is 1.69. The zero-order chi connectivity index (χ0) is 16.2. The van der Waals surface area contributed by atoms with E-state index in [1.54, 1.807) is 24.3 Å². The molecule has 0 spiro atoms. The third-order valence-electron chi connectivity index (χ3n) is 3.23. The molecule has 3 aromatic rings. The molecule has 0 unspecified atom stereocenters. The maximum absolute atomic E-state index is 12.1. The van der Waals surface area contributed by atoms with Crippen molar-refractivity contribution in [1.29, 1.82) is 0 Å². The number of hydrogen-bond donors (Lipinski definition) is 1. The van der Waals surface area contributed by atoms with Gasteiger partial charge in [-0.25, -0.2) is 0 Å². The van der Waals surface area contributed by atoms with Gasteiger partial charge in [-0.3, -0.25) is 4.79 Å². The standard InChI is InChI=1S/C17H14ClN3O2/c1-11-4-2-5-12(8-11)10-19-15(22)17-21-20-16(23-17)13-6-3-7-14(18)9-13/h2-9H,10H2,1H3,(H,19,22). The van der Waals surface area contributed by atoms with Crippen molar-refractivity contribution >= 4 is 17.5 Å². The molecule has 0 aliphatic rings. The molecule has 116 valence electrons. The van der Waals surface area contributed by atoms with Crippen molar-refractivity contribution < 1.29 is 9.21 Å². The van der Waals surface area contributed by atoms with E-state index in [0.29, 0.717) is 17.1 Å². The van der Waals surface area contributed by atoms with E-state index in [1.165, 1.54) is 0 Å². The molecule has 0 radical (unpaired) electrons. The molecule has 23 heavy (non-hydrogen) atoms. The first-order valence-corrected chi connectivity index (χ1v) is 7.43. The lowest BCUT2D eigenvalue weighted by Gasteiger charge is -2.03. The molecule has 0 aliphatic carbocycles. The first-order chi connectivity index (χ1) is 11.1. The van der Waals surface area contributed by atoms with Gasteiger partial charge in [0.25, 0.3) is 0 Å². The van der Waals surface area contributed by atoms with Gasteiger partial charge in [0.2, 0.25) is 5.89 Å². The van der Waals surface area contributed by atoms with Gasteiger partial charge in [0, 0.05) is 17.1 Å². The Bertz CT molecular complexity index is 845. The highest BCUT2D eigenvalue weighted by molar-refractivity contribution is 6.30. The van der Waals surface area contributed by atoms with Crippen molar-refractivity contribution in [1.82, 2.24) is 15.5 Å². The predicted octanol–water partition coefficient (Wildman–Crippen LogP) is 3.63. The van der Waals surface area contributed by atoms with E-state index in [4.69, 9.17) is 16.0 Å². The van der Waals surface area contributed by atoms with Crippen molar-refractivity contribution in [3.8, 4) is 11.5 Å². The second-order valence-electron chi connectivity index (χ2n) is 5.09. The Hall–Kier alpha value is -2.66. The molecule has 1 heterocycles. The molecule has 0 bridgehead atoms. The number of carbonyl (C=O) groups excluding carboxylic acids is 1. The largest absolute Gasteiger partial charge is 0.412 e. The maximum Gasteiger partial charge on any atom is 0.309 e. The van der Waals surface area contributed by atoms with Crippen LogP contribution in [0.5, 0.6) is 0 Å². The molecule has 2 aromatic carbocycles. The summed E-state index contributed by atoms with van der Waals surface area (Å²) < 4.78 is 5.41. The fourth-order valence-corrected chi connectivity index (χ4v) is 2.32. The first-order valence-electron chi connectivity index (χ1n) is 7.05. The summed E-state index contributed by atoms with van der Waals surface area (Å²) in [7, 11) is 0. The molecule has 0 aliphatic heterocycles. The fourth-order valence-electron chi connectivity index (χ4n) is 2.13. The number of nitrogens with zero attached hydrogens (tertiary/aromatic N) is 2. The second kappa shape index (κ2) is 6.62. The quantitative estimate of drug-likeness (QED) is 0.794. The number of amides is 1. The normalized spacial score (nSPS) is 10.5.